The normalized spacial score (nSPS) is 21.8. The smallest absolute Gasteiger partial charge is 0.223 e. The van der Waals surface area contributed by atoms with Gasteiger partial charge in [0.2, 0.25) is 5.91 Å². The predicted octanol–water partition coefficient (Wildman–Crippen LogP) is 3.18. The van der Waals surface area contributed by atoms with Crippen LogP contribution in [0.1, 0.15) is 39.2 Å². The fourth-order valence-corrected chi connectivity index (χ4v) is 3.05. The van der Waals surface area contributed by atoms with Gasteiger partial charge in [0.15, 0.2) is 0 Å². The highest BCUT2D eigenvalue weighted by molar-refractivity contribution is 5.85. The minimum atomic E-state index is 0. The predicted molar refractivity (Wildman–Crippen MR) is 94.4 cm³/mol. The average Bonchev–Trinajstić information content (AvgIpc) is 2.45. The molecule has 1 aromatic carbocycles. The van der Waals surface area contributed by atoms with Crippen LogP contribution in [0.4, 0.5) is 0 Å². The Balaban J connectivity index is 0.00000242. The van der Waals surface area contributed by atoms with Crippen LogP contribution in [0.2, 0.25) is 0 Å². The number of hydrogen-bond acceptors (Lipinski definition) is 2. The van der Waals surface area contributed by atoms with Crippen LogP contribution in [0.3, 0.4) is 0 Å². The quantitative estimate of drug-likeness (QED) is 0.873. The van der Waals surface area contributed by atoms with Gasteiger partial charge in [0.1, 0.15) is 0 Å². The molecule has 0 saturated carbocycles. The Kier molecular flexibility index (Phi) is 7.37. The molecule has 1 amide bonds. The van der Waals surface area contributed by atoms with E-state index in [0.717, 1.165) is 32.4 Å². The van der Waals surface area contributed by atoms with Crippen molar-refractivity contribution in [2.75, 3.05) is 13.1 Å². The van der Waals surface area contributed by atoms with Gasteiger partial charge in [-0.1, -0.05) is 44.2 Å². The van der Waals surface area contributed by atoms with Crippen molar-refractivity contribution in [3.8, 4) is 0 Å². The van der Waals surface area contributed by atoms with E-state index < -0.39 is 0 Å². The van der Waals surface area contributed by atoms with Crippen molar-refractivity contribution in [1.82, 2.24) is 10.6 Å². The van der Waals surface area contributed by atoms with E-state index in [2.05, 4.69) is 55.7 Å². The van der Waals surface area contributed by atoms with E-state index in [9.17, 15) is 4.79 Å². The number of nitrogens with one attached hydrogen (secondary N) is 2. The Morgan fingerprint density at radius 3 is 2.64 bits per heavy atom. The van der Waals surface area contributed by atoms with Crippen LogP contribution in [0.15, 0.2) is 30.3 Å². The molecule has 1 fully saturated rings. The minimum absolute atomic E-state index is 0. The summed E-state index contributed by atoms with van der Waals surface area (Å²) in [6.45, 7) is 8.27. The van der Waals surface area contributed by atoms with Crippen LogP contribution in [0, 0.1) is 11.3 Å². The molecule has 1 heterocycles. The number of piperidine rings is 1. The second-order valence-electron chi connectivity index (χ2n) is 7.12. The van der Waals surface area contributed by atoms with Crippen LogP contribution < -0.4 is 10.6 Å². The van der Waals surface area contributed by atoms with Gasteiger partial charge in [0, 0.05) is 18.5 Å². The zero-order chi connectivity index (χ0) is 15.3. The van der Waals surface area contributed by atoms with E-state index >= 15 is 0 Å². The first-order chi connectivity index (χ1) is 9.96. The van der Waals surface area contributed by atoms with Crippen molar-refractivity contribution < 1.29 is 4.79 Å². The number of carbonyl (C=O) groups is 1. The van der Waals surface area contributed by atoms with Gasteiger partial charge < -0.3 is 10.6 Å². The summed E-state index contributed by atoms with van der Waals surface area (Å²) in [5.74, 6) is 0.401. The molecule has 0 unspecified atom stereocenters. The average molecular weight is 325 g/mol. The lowest BCUT2D eigenvalue weighted by atomic mass is 9.85. The summed E-state index contributed by atoms with van der Waals surface area (Å²) in [5.41, 5.74) is 1.41. The zero-order valence-corrected chi connectivity index (χ0v) is 14.7. The number of amides is 1. The monoisotopic (exact) mass is 324 g/mol. The first-order valence-electron chi connectivity index (χ1n) is 8.01. The molecule has 0 spiro atoms. The fraction of sp³-hybridized carbons (Fsp3) is 0.611. The fourth-order valence-electron chi connectivity index (χ4n) is 3.05. The highest BCUT2D eigenvalue weighted by Gasteiger charge is 2.26. The van der Waals surface area contributed by atoms with E-state index in [1.165, 1.54) is 5.56 Å². The molecular weight excluding hydrogens is 296 g/mol. The van der Waals surface area contributed by atoms with Crippen molar-refractivity contribution >= 4 is 18.3 Å². The van der Waals surface area contributed by atoms with Crippen molar-refractivity contribution in [3.05, 3.63) is 35.9 Å². The van der Waals surface area contributed by atoms with Crippen molar-refractivity contribution in [2.24, 2.45) is 11.3 Å². The van der Waals surface area contributed by atoms with Gasteiger partial charge in [0.05, 0.1) is 0 Å². The first kappa shape index (κ1) is 19.0. The Labute approximate surface area is 140 Å². The Hall–Kier alpha value is -1.06. The molecule has 0 aromatic heterocycles. The van der Waals surface area contributed by atoms with Gasteiger partial charge in [-0.25, -0.2) is 0 Å². The molecule has 124 valence electrons. The van der Waals surface area contributed by atoms with Crippen molar-refractivity contribution in [1.29, 1.82) is 0 Å². The Morgan fingerprint density at radius 1 is 1.32 bits per heavy atom. The largest absolute Gasteiger partial charge is 0.355 e. The van der Waals surface area contributed by atoms with E-state index in [4.69, 9.17) is 0 Å². The van der Waals surface area contributed by atoms with E-state index in [0.29, 0.717) is 6.04 Å². The summed E-state index contributed by atoms with van der Waals surface area (Å²) in [5, 5.41) is 6.56. The number of halogens is 1. The third kappa shape index (κ3) is 5.98. The van der Waals surface area contributed by atoms with Gasteiger partial charge >= 0.3 is 0 Å². The molecule has 0 bridgehead atoms. The summed E-state index contributed by atoms with van der Waals surface area (Å²) in [6, 6.07) is 10.9. The van der Waals surface area contributed by atoms with Gasteiger partial charge in [-0.15, -0.1) is 12.4 Å². The Bertz CT molecular complexity index is 461. The molecular formula is C18H29ClN2O. The first-order valence-corrected chi connectivity index (χ1v) is 8.01. The second kappa shape index (κ2) is 8.54. The molecule has 1 aromatic rings. The van der Waals surface area contributed by atoms with E-state index in [-0.39, 0.29) is 29.6 Å². The van der Waals surface area contributed by atoms with Gasteiger partial charge in [-0.05, 0) is 43.7 Å². The third-order valence-electron chi connectivity index (χ3n) is 4.26. The molecule has 0 radical (unpaired) electrons. The van der Waals surface area contributed by atoms with Gasteiger partial charge in [-0.3, -0.25) is 4.79 Å². The summed E-state index contributed by atoms with van der Waals surface area (Å²) < 4.78 is 0. The van der Waals surface area contributed by atoms with Crippen LogP contribution in [-0.4, -0.2) is 25.0 Å². The van der Waals surface area contributed by atoms with Crippen LogP contribution >= 0.6 is 12.4 Å². The lowest BCUT2D eigenvalue weighted by molar-refractivity contribution is -0.126. The molecule has 2 atom stereocenters. The summed E-state index contributed by atoms with van der Waals surface area (Å²) in [6.07, 6.45) is 2.89. The topological polar surface area (TPSA) is 41.1 Å². The summed E-state index contributed by atoms with van der Waals surface area (Å²) >= 11 is 0. The number of rotatable bonds is 5. The molecule has 22 heavy (non-hydrogen) atoms. The van der Waals surface area contributed by atoms with Gasteiger partial charge in [-0.2, -0.15) is 0 Å². The van der Waals surface area contributed by atoms with Gasteiger partial charge in [0.25, 0.3) is 0 Å². The maximum Gasteiger partial charge on any atom is 0.223 e. The summed E-state index contributed by atoms with van der Waals surface area (Å²) in [4.78, 5) is 12.3. The molecule has 3 nitrogen and oxygen atoms in total. The molecule has 2 rings (SSSR count). The molecule has 4 heteroatoms. The lowest BCUT2D eigenvalue weighted by Crippen LogP contribution is -2.44. The minimum Gasteiger partial charge on any atom is -0.355 e. The third-order valence-corrected chi connectivity index (χ3v) is 4.26. The number of carbonyl (C=O) groups excluding carboxylic acids is 1. The van der Waals surface area contributed by atoms with E-state index in [1.54, 1.807) is 0 Å². The lowest BCUT2D eigenvalue weighted by Gasteiger charge is -2.30. The highest BCUT2D eigenvalue weighted by Crippen LogP contribution is 2.22. The highest BCUT2D eigenvalue weighted by atomic mass is 35.5. The van der Waals surface area contributed by atoms with Crippen LogP contribution in [-0.2, 0) is 11.2 Å². The number of hydrogen-bond donors (Lipinski definition) is 2. The zero-order valence-electron chi connectivity index (χ0n) is 13.9. The molecule has 1 saturated heterocycles. The molecule has 0 aliphatic carbocycles. The SMILES string of the molecule is C[C@H]1C[C@@H](C(=O)NCC(C)(C)Cc2ccccc2)CCN1.Cl. The summed E-state index contributed by atoms with van der Waals surface area (Å²) in [7, 11) is 0. The van der Waals surface area contributed by atoms with Crippen molar-refractivity contribution in [3.63, 3.8) is 0 Å². The standard InChI is InChI=1S/C18H28N2O.ClH/c1-14-11-16(9-10-19-14)17(21)20-13-18(2,3)12-15-7-5-4-6-8-15;/h4-8,14,16,19H,9-13H2,1-3H3,(H,20,21);1H/t14-,16-;/m0./s1. The van der Waals surface area contributed by atoms with Crippen LogP contribution in [0.5, 0.6) is 0 Å². The van der Waals surface area contributed by atoms with Crippen LogP contribution in [0.25, 0.3) is 0 Å². The molecule has 1 aliphatic rings. The second-order valence-corrected chi connectivity index (χ2v) is 7.12. The number of benzene rings is 1. The van der Waals surface area contributed by atoms with Crippen molar-refractivity contribution in [2.45, 2.75) is 46.1 Å². The molecule has 2 N–H and O–H groups in total. The molecule has 1 aliphatic heterocycles. The Morgan fingerprint density at radius 2 is 2.00 bits per heavy atom. The van der Waals surface area contributed by atoms with E-state index in [1.807, 2.05) is 6.07 Å². The maximum atomic E-state index is 12.3. The maximum absolute atomic E-state index is 12.3.